The molecule has 5 rings (SSSR count). The maximum absolute atomic E-state index is 16.2. The highest BCUT2D eigenvalue weighted by Gasteiger charge is 2.39. The summed E-state index contributed by atoms with van der Waals surface area (Å²) in [5.74, 6) is -5.10. The third kappa shape index (κ3) is 11.8. The van der Waals surface area contributed by atoms with Gasteiger partial charge in [-0.05, 0) is 54.6 Å². The number of hydrogen-bond donors (Lipinski definition) is 5. The summed E-state index contributed by atoms with van der Waals surface area (Å²) in [6.45, 7) is 4.17. The number of benzene rings is 3. The van der Waals surface area contributed by atoms with Crippen molar-refractivity contribution < 1.29 is 60.1 Å². The number of imidazole rings is 1. The number of fused-ring (bicyclic) bond motifs is 1. The van der Waals surface area contributed by atoms with Crippen LogP contribution in [0.2, 0.25) is 0 Å². The Morgan fingerprint density at radius 2 is 1.55 bits per heavy atom. The molecule has 0 aliphatic heterocycles. The smallest absolute Gasteiger partial charge is 0.490 e. The number of aryl methyl sites for hydroxylation is 1. The van der Waals surface area contributed by atoms with Crippen molar-refractivity contribution in [2.45, 2.75) is 45.2 Å². The van der Waals surface area contributed by atoms with Crippen LogP contribution in [0.5, 0.6) is 5.75 Å². The van der Waals surface area contributed by atoms with Crippen LogP contribution in [-0.2, 0) is 27.3 Å². The summed E-state index contributed by atoms with van der Waals surface area (Å²) in [5, 5.41) is 22.1. The first kappa shape index (κ1) is 43.0. The molecule has 2 aromatic heterocycles. The number of carboxylic acids is 2. The van der Waals surface area contributed by atoms with E-state index in [1.54, 1.807) is 23.9 Å². The number of nitrogens with one attached hydrogen (secondary N) is 2. The SMILES string of the molecule is CCOc1cc(CC)cc(C(Nc2ccc3c(N)nccc3c2)c2nc(-c3ccccc3)cn2CC(=O)NC)c1F.O=C(O)C(F)(F)F.O=C(O)C(F)(F)F. The molecule has 0 radical (unpaired) electrons. The summed E-state index contributed by atoms with van der Waals surface area (Å²) in [5.41, 5.74) is 9.64. The first-order valence-electron chi connectivity index (χ1n) is 16.1. The summed E-state index contributed by atoms with van der Waals surface area (Å²) < 4.78 is 87.1. The van der Waals surface area contributed by atoms with E-state index in [2.05, 4.69) is 15.6 Å². The van der Waals surface area contributed by atoms with Crippen LogP contribution in [0.15, 0.2) is 79.1 Å². The topological polar surface area (TPSA) is 182 Å². The molecule has 19 heteroatoms. The summed E-state index contributed by atoms with van der Waals surface area (Å²) in [6, 6.07) is 20.1. The van der Waals surface area contributed by atoms with E-state index < -0.39 is 36.2 Å². The number of aromatic nitrogens is 3. The number of alkyl halides is 6. The normalized spacial score (nSPS) is 11.7. The highest BCUT2D eigenvalue weighted by molar-refractivity contribution is 5.93. The fourth-order valence-corrected chi connectivity index (χ4v) is 4.86. The summed E-state index contributed by atoms with van der Waals surface area (Å²) in [6.07, 6.45) is -6.00. The Morgan fingerprint density at radius 1 is 0.927 bits per heavy atom. The zero-order valence-electron chi connectivity index (χ0n) is 29.3. The van der Waals surface area contributed by atoms with Crippen LogP contribution in [0.25, 0.3) is 22.0 Å². The number of carbonyl (C=O) groups is 3. The van der Waals surface area contributed by atoms with Gasteiger partial charge in [0.15, 0.2) is 11.6 Å². The molecular weight excluding hydrogens is 745 g/mol. The number of nitrogen functional groups attached to an aromatic ring is 1. The van der Waals surface area contributed by atoms with Crippen LogP contribution >= 0.6 is 0 Å². The van der Waals surface area contributed by atoms with Gasteiger partial charge in [-0.1, -0.05) is 43.3 Å². The largest absolute Gasteiger partial charge is 0.491 e. The van der Waals surface area contributed by atoms with Crippen LogP contribution in [0.1, 0.15) is 36.8 Å². The molecule has 0 saturated heterocycles. The monoisotopic (exact) mass is 780 g/mol. The number of nitrogens with two attached hydrogens (primary N) is 1. The third-order valence-electron chi connectivity index (χ3n) is 7.47. The minimum atomic E-state index is -5.08. The lowest BCUT2D eigenvalue weighted by atomic mass is 9.99. The Kier molecular flexibility index (Phi) is 14.5. The minimum Gasteiger partial charge on any atom is -0.491 e. The van der Waals surface area contributed by atoms with Gasteiger partial charge in [0.25, 0.3) is 0 Å². The van der Waals surface area contributed by atoms with E-state index in [-0.39, 0.29) is 18.2 Å². The van der Waals surface area contributed by atoms with E-state index in [1.807, 2.05) is 80.7 Å². The summed E-state index contributed by atoms with van der Waals surface area (Å²) in [4.78, 5) is 39.5. The van der Waals surface area contributed by atoms with E-state index >= 15 is 4.39 Å². The molecule has 0 aliphatic carbocycles. The second kappa shape index (κ2) is 18.6. The number of amides is 1. The summed E-state index contributed by atoms with van der Waals surface area (Å²) in [7, 11) is 1.58. The number of carboxylic acid groups (broad SMARTS) is 2. The van der Waals surface area contributed by atoms with E-state index in [9.17, 15) is 31.1 Å². The van der Waals surface area contributed by atoms with Gasteiger partial charge < -0.3 is 35.9 Å². The molecule has 0 aliphatic rings. The van der Waals surface area contributed by atoms with Crippen molar-refractivity contribution in [1.29, 1.82) is 0 Å². The van der Waals surface area contributed by atoms with Crippen molar-refractivity contribution in [1.82, 2.24) is 19.9 Å². The molecule has 1 amide bonds. The predicted octanol–water partition coefficient (Wildman–Crippen LogP) is 6.99. The van der Waals surface area contributed by atoms with Crippen LogP contribution in [0.4, 0.5) is 42.2 Å². The molecule has 1 atom stereocenters. The highest BCUT2D eigenvalue weighted by Crippen LogP contribution is 2.36. The minimum absolute atomic E-state index is 0.0111. The molecule has 5 aromatic rings. The predicted molar refractivity (Wildman–Crippen MR) is 188 cm³/mol. The number of rotatable bonds is 10. The molecule has 6 N–H and O–H groups in total. The quantitative estimate of drug-likeness (QED) is 0.0927. The van der Waals surface area contributed by atoms with Crippen molar-refractivity contribution in [3.63, 3.8) is 0 Å². The van der Waals surface area contributed by atoms with Crippen LogP contribution in [0.3, 0.4) is 0 Å². The molecule has 0 spiro atoms. The van der Waals surface area contributed by atoms with Crippen LogP contribution < -0.4 is 21.1 Å². The van der Waals surface area contributed by atoms with Gasteiger partial charge >= 0.3 is 24.3 Å². The van der Waals surface area contributed by atoms with Crippen molar-refractivity contribution in [2.75, 3.05) is 24.7 Å². The number of anilines is 2. The van der Waals surface area contributed by atoms with E-state index in [0.717, 1.165) is 27.6 Å². The van der Waals surface area contributed by atoms with E-state index in [4.69, 9.17) is 35.3 Å². The van der Waals surface area contributed by atoms with Crippen molar-refractivity contribution in [3.05, 3.63) is 102 Å². The zero-order valence-corrected chi connectivity index (χ0v) is 29.3. The number of nitrogens with zero attached hydrogens (tertiary/aromatic N) is 3. The first-order chi connectivity index (χ1) is 25.8. The lowest BCUT2D eigenvalue weighted by molar-refractivity contribution is -0.193. The van der Waals surface area contributed by atoms with Gasteiger partial charge in [0.2, 0.25) is 5.91 Å². The highest BCUT2D eigenvalue weighted by atomic mass is 19.4. The molecule has 12 nitrogen and oxygen atoms in total. The van der Waals surface area contributed by atoms with E-state index in [0.29, 0.717) is 35.9 Å². The number of halogens is 7. The number of ether oxygens (including phenoxy) is 1. The number of carbonyl (C=O) groups excluding carboxylic acids is 1. The number of pyridine rings is 1. The summed E-state index contributed by atoms with van der Waals surface area (Å²) >= 11 is 0. The third-order valence-corrected chi connectivity index (χ3v) is 7.47. The van der Waals surface area contributed by atoms with Gasteiger partial charge in [-0.2, -0.15) is 26.3 Å². The maximum atomic E-state index is 16.2. The van der Waals surface area contributed by atoms with Crippen molar-refractivity contribution in [2.24, 2.45) is 0 Å². The standard InChI is InChI=1S/C32H33FN6O2.2C2HF3O2/c1-4-20-15-25(29(33)27(16-20)41-5-2)30(37-23-11-12-24-22(17-23)13-14-36-31(24)34)32-38-26(21-9-7-6-8-10-21)18-39(32)19-28(40)35-3;2*3-2(4,5)1(6)7/h6-18,30,37H,4-5,19H2,1-3H3,(H2,34,36)(H,35,40);2*(H,6,7). The van der Waals surface area contributed by atoms with Gasteiger partial charge in [-0.15, -0.1) is 0 Å². The van der Waals surface area contributed by atoms with Crippen LogP contribution in [-0.4, -0.2) is 68.6 Å². The average molecular weight is 781 g/mol. The van der Waals surface area contributed by atoms with Crippen molar-refractivity contribution >= 4 is 40.1 Å². The molecule has 0 fully saturated rings. The molecular formula is C36H35F7N6O6. The van der Waals surface area contributed by atoms with E-state index in [1.165, 1.54) is 0 Å². The Bertz CT molecular complexity index is 2080. The fraction of sp³-hybridized carbons (Fsp3) is 0.250. The second-order valence-electron chi connectivity index (χ2n) is 11.3. The van der Waals surface area contributed by atoms with Crippen LogP contribution in [0, 0.1) is 5.82 Å². The van der Waals surface area contributed by atoms with Gasteiger partial charge in [0.1, 0.15) is 24.2 Å². The number of hydrogen-bond acceptors (Lipinski definition) is 8. The molecule has 2 heterocycles. The maximum Gasteiger partial charge on any atom is 0.490 e. The Morgan fingerprint density at radius 3 is 2.09 bits per heavy atom. The Balaban J connectivity index is 0.000000494. The molecule has 55 heavy (non-hydrogen) atoms. The zero-order chi connectivity index (χ0) is 41.1. The molecule has 0 saturated carbocycles. The first-order valence-corrected chi connectivity index (χ1v) is 16.1. The molecule has 294 valence electrons. The van der Waals surface area contributed by atoms with Gasteiger partial charge in [0.05, 0.1) is 12.3 Å². The fourth-order valence-electron chi connectivity index (χ4n) is 4.86. The average Bonchev–Trinajstić information content (AvgIpc) is 3.55. The molecule has 0 bridgehead atoms. The number of likely N-dealkylation sites (N-methyl/N-ethyl adjacent to an activating group) is 1. The lowest BCUT2D eigenvalue weighted by Crippen LogP contribution is -2.26. The number of aliphatic carboxylic acids is 2. The Labute approximate surface area is 308 Å². The van der Waals surface area contributed by atoms with Gasteiger partial charge in [-0.3, -0.25) is 4.79 Å². The second-order valence-corrected chi connectivity index (χ2v) is 11.3. The Hall–Kier alpha value is -6.40. The molecule has 1 unspecified atom stereocenters. The van der Waals surface area contributed by atoms with Gasteiger partial charge in [-0.25, -0.2) is 23.9 Å². The van der Waals surface area contributed by atoms with Crippen molar-refractivity contribution in [3.8, 4) is 17.0 Å². The van der Waals surface area contributed by atoms with Gasteiger partial charge in [0, 0.05) is 41.6 Å². The molecule has 3 aromatic carbocycles. The lowest BCUT2D eigenvalue weighted by Gasteiger charge is -2.23.